The summed E-state index contributed by atoms with van der Waals surface area (Å²) in [6.07, 6.45) is 3.00. The molecule has 0 amide bonds. The van der Waals surface area contributed by atoms with Gasteiger partial charge in [-0.15, -0.1) is 0 Å². The molecule has 0 radical (unpaired) electrons. The van der Waals surface area contributed by atoms with E-state index in [2.05, 4.69) is 20.1 Å². The van der Waals surface area contributed by atoms with Gasteiger partial charge in [0.2, 0.25) is 0 Å². The molecule has 0 atom stereocenters. The minimum absolute atomic E-state index is 0.244. The highest BCUT2D eigenvalue weighted by Gasteiger charge is 2.31. The number of hydrogen-bond acceptors (Lipinski definition) is 4. The highest BCUT2D eigenvalue weighted by atomic mass is 19.1. The molecule has 2 aliphatic heterocycles. The van der Waals surface area contributed by atoms with Crippen LogP contribution in [0.4, 0.5) is 4.39 Å². The van der Waals surface area contributed by atoms with Crippen LogP contribution in [0.25, 0.3) is 0 Å². The first-order valence-electron chi connectivity index (χ1n) is 6.58. The van der Waals surface area contributed by atoms with Gasteiger partial charge in [0.1, 0.15) is 5.82 Å². The van der Waals surface area contributed by atoms with E-state index in [1.165, 1.54) is 6.20 Å². The molecule has 18 heavy (non-hydrogen) atoms. The third kappa shape index (κ3) is 2.68. The molecule has 1 N–H and O–H groups in total. The lowest BCUT2D eigenvalue weighted by Gasteiger charge is -2.46. The molecule has 0 aromatic carbocycles. The Kier molecular flexibility index (Phi) is 3.54. The van der Waals surface area contributed by atoms with Crippen molar-refractivity contribution in [1.82, 2.24) is 20.1 Å². The van der Waals surface area contributed by atoms with Crippen molar-refractivity contribution in [2.24, 2.45) is 0 Å². The van der Waals surface area contributed by atoms with Gasteiger partial charge < -0.3 is 5.32 Å². The van der Waals surface area contributed by atoms with Gasteiger partial charge in [0, 0.05) is 58.1 Å². The second-order valence-corrected chi connectivity index (χ2v) is 5.15. The van der Waals surface area contributed by atoms with Gasteiger partial charge in [-0.2, -0.15) is 0 Å². The average molecular weight is 250 g/mol. The Labute approximate surface area is 107 Å². The molecule has 1 aromatic rings. The normalized spacial score (nSPS) is 22.9. The fourth-order valence-electron chi connectivity index (χ4n) is 2.75. The molecule has 3 rings (SSSR count). The molecule has 0 spiro atoms. The Bertz CT molecular complexity index is 400. The first kappa shape index (κ1) is 12.0. The molecule has 0 unspecified atom stereocenters. The maximum Gasteiger partial charge on any atom is 0.141 e. The lowest BCUT2D eigenvalue weighted by Crippen LogP contribution is -2.62. The molecule has 98 valence electrons. The minimum Gasteiger partial charge on any atom is -0.314 e. The predicted molar refractivity (Wildman–Crippen MR) is 67.7 cm³/mol. The molecule has 5 heteroatoms. The zero-order valence-corrected chi connectivity index (χ0v) is 10.5. The van der Waals surface area contributed by atoms with Crippen molar-refractivity contribution in [3.63, 3.8) is 0 Å². The van der Waals surface area contributed by atoms with Crippen molar-refractivity contribution in [1.29, 1.82) is 0 Å². The van der Waals surface area contributed by atoms with Crippen LogP contribution in [0.3, 0.4) is 0 Å². The third-order valence-corrected chi connectivity index (χ3v) is 3.77. The lowest BCUT2D eigenvalue weighted by molar-refractivity contribution is 0.0222. The van der Waals surface area contributed by atoms with Crippen LogP contribution < -0.4 is 5.32 Å². The molecule has 2 saturated heterocycles. The zero-order chi connectivity index (χ0) is 12.4. The van der Waals surface area contributed by atoms with Crippen LogP contribution in [0.2, 0.25) is 0 Å². The Morgan fingerprint density at radius 2 is 2.06 bits per heavy atom. The summed E-state index contributed by atoms with van der Waals surface area (Å²) in [6.45, 7) is 7.51. The summed E-state index contributed by atoms with van der Waals surface area (Å²) in [7, 11) is 0. The number of halogens is 1. The fourth-order valence-corrected chi connectivity index (χ4v) is 2.75. The topological polar surface area (TPSA) is 31.4 Å². The Morgan fingerprint density at radius 3 is 2.78 bits per heavy atom. The van der Waals surface area contributed by atoms with E-state index in [4.69, 9.17) is 0 Å². The monoisotopic (exact) mass is 250 g/mol. The highest BCUT2D eigenvalue weighted by molar-refractivity contribution is 5.11. The van der Waals surface area contributed by atoms with E-state index < -0.39 is 0 Å². The van der Waals surface area contributed by atoms with Gasteiger partial charge in [-0.3, -0.25) is 14.8 Å². The van der Waals surface area contributed by atoms with E-state index >= 15 is 0 Å². The fraction of sp³-hybridized carbons (Fsp3) is 0.615. The number of rotatable bonds is 3. The van der Waals surface area contributed by atoms with Crippen LogP contribution in [0.5, 0.6) is 0 Å². The number of nitrogens with zero attached hydrogens (tertiary/aromatic N) is 3. The lowest BCUT2D eigenvalue weighted by atomic mass is 10.1. The Balaban J connectivity index is 1.47. The van der Waals surface area contributed by atoms with Crippen LogP contribution in [0.15, 0.2) is 18.5 Å². The van der Waals surface area contributed by atoms with Crippen LogP contribution in [0.1, 0.15) is 5.56 Å². The number of pyridine rings is 1. The Hall–Kier alpha value is -1.04. The maximum atomic E-state index is 13.0. The predicted octanol–water partition coefficient (Wildman–Crippen LogP) is 0.310. The van der Waals surface area contributed by atoms with Gasteiger partial charge in [-0.25, -0.2) is 4.39 Å². The SMILES string of the molecule is Fc1cncc(CN2CC(N3CCNCC3)C2)c1. The largest absolute Gasteiger partial charge is 0.314 e. The van der Waals surface area contributed by atoms with Crippen molar-refractivity contribution in [3.05, 3.63) is 29.8 Å². The number of aromatic nitrogens is 1. The summed E-state index contributed by atoms with van der Waals surface area (Å²) in [5.41, 5.74) is 0.966. The molecule has 0 aliphatic carbocycles. The molecule has 0 saturated carbocycles. The van der Waals surface area contributed by atoms with Gasteiger partial charge in [0.15, 0.2) is 0 Å². The van der Waals surface area contributed by atoms with Crippen molar-refractivity contribution >= 4 is 0 Å². The highest BCUT2D eigenvalue weighted by Crippen LogP contribution is 2.18. The standard InChI is InChI=1S/C13H19FN4/c14-12-5-11(6-16-7-12)8-17-9-13(10-17)18-3-1-15-2-4-18/h5-7,13,15H,1-4,8-10H2. The summed E-state index contributed by atoms with van der Waals surface area (Å²) in [6, 6.07) is 2.26. The van der Waals surface area contributed by atoms with Crippen molar-refractivity contribution < 1.29 is 4.39 Å². The molecule has 0 bridgehead atoms. The first-order chi connectivity index (χ1) is 8.81. The minimum atomic E-state index is -0.244. The van der Waals surface area contributed by atoms with Crippen molar-refractivity contribution in [2.45, 2.75) is 12.6 Å². The maximum absolute atomic E-state index is 13.0. The van der Waals surface area contributed by atoms with Gasteiger partial charge in [0.05, 0.1) is 6.20 Å². The second kappa shape index (κ2) is 5.30. The summed E-state index contributed by atoms with van der Waals surface area (Å²) in [5, 5.41) is 3.37. The van der Waals surface area contributed by atoms with E-state index in [9.17, 15) is 4.39 Å². The van der Waals surface area contributed by atoms with Gasteiger partial charge in [-0.1, -0.05) is 0 Å². The quantitative estimate of drug-likeness (QED) is 0.836. The first-order valence-corrected chi connectivity index (χ1v) is 6.58. The molecule has 4 nitrogen and oxygen atoms in total. The number of nitrogens with one attached hydrogen (secondary N) is 1. The van der Waals surface area contributed by atoms with Gasteiger partial charge in [0.25, 0.3) is 0 Å². The summed E-state index contributed by atoms with van der Waals surface area (Å²) < 4.78 is 13.0. The van der Waals surface area contributed by atoms with Gasteiger partial charge in [-0.05, 0) is 11.6 Å². The summed E-state index contributed by atoms with van der Waals surface area (Å²) in [4.78, 5) is 8.79. The summed E-state index contributed by atoms with van der Waals surface area (Å²) >= 11 is 0. The van der Waals surface area contributed by atoms with Crippen LogP contribution in [-0.4, -0.2) is 60.1 Å². The van der Waals surface area contributed by atoms with Gasteiger partial charge >= 0.3 is 0 Å². The number of likely N-dealkylation sites (tertiary alicyclic amines) is 1. The van der Waals surface area contributed by atoms with E-state index in [-0.39, 0.29) is 5.82 Å². The van der Waals surface area contributed by atoms with Crippen LogP contribution in [-0.2, 0) is 6.54 Å². The smallest absolute Gasteiger partial charge is 0.141 e. The molecular weight excluding hydrogens is 231 g/mol. The van der Waals surface area contributed by atoms with Crippen LogP contribution in [0, 0.1) is 5.82 Å². The van der Waals surface area contributed by atoms with Crippen LogP contribution >= 0.6 is 0 Å². The molecule has 1 aromatic heterocycles. The zero-order valence-electron chi connectivity index (χ0n) is 10.5. The molecular formula is C13H19FN4. The van der Waals surface area contributed by atoms with E-state index in [0.29, 0.717) is 6.04 Å². The number of hydrogen-bond donors (Lipinski definition) is 1. The van der Waals surface area contributed by atoms with E-state index in [1.54, 1.807) is 12.3 Å². The molecule has 2 fully saturated rings. The third-order valence-electron chi connectivity index (χ3n) is 3.77. The number of piperazine rings is 1. The van der Waals surface area contributed by atoms with Crippen molar-refractivity contribution in [2.75, 3.05) is 39.3 Å². The average Bonchev–Trinajstić information content (AvgIpc) is 2.34. The summed E-state index contributed by atoms with van der Waals surface area (Å²) in [5.74, 6) is -0.244. The molecule has 2 aliphatic rings. The van der Waals surface area contributed by atoms with E-state index in [1.807, 2.05) is 0 Å². The Morgan fingerprint density at radius 1 is 1.28 bits per heavy atom. The van der Waals surface area contributed by atoms with Crippen molar-refractivity contribution in [3.8, 4) is 0 Å². The van der Waals surface area contributed by atoms with E-state index in [0.717, 1.165) is 51.4 Å². The second-order valence-electron chi connectivity index (χ2n) is 5.15. The molecule has 3 heterocycles.